The molecule has 4 fully saturated rings. The monoisotopic (exact) mass is 735 g/mol. The SMILES string of the molecule is CC(C)[C@@H](NC(=O)C1CC1)C(=O)N1CCC[C@H]1C(=O)Nc1ccc(-c2ccc(-c3cnc([C@@H]4CCCN4C(=O)[C@H](NC(=O)C4CC4)C(C)C)[nH]3)cc2)cc1. The third kappa shape index (κ3) is 8.22. The van der Waals surface area contributed by atoms with Crippen molar-refractivity contribution in [2.75, 3.05) is 18.4 Å². The average Bonchev–Trinajstić information content (AvgIpc) is 4.03. The highest BCUT2D eigenvalue weighted by atomic mass is 16.2. The van der Waals surface area contributed by atoms with Gasteiger partial charge in [-0.3, -0.25) is 24.0 Å². The molecule has 0 unspecified atom stereocenters. The zero-order valence-corrected chi connectivity index (χ0v) is 31.8. The first-order valence-electron chi connectivity index (χ1n) is 19.8. The second-order valence-corrected chi connectivity index (χ2v) is 16.2. The molecule has 3 aromatic rings. The van der Waals surface area contributed by atoms with Crippen LogP contribution in [-0.4, -0.2) is 80.5 Å². The molecule has 12 heteroatoms. The molecular formula is C42H53N7O5. The molecular weight excluding hydrogens is 683 g/mol. The lowest BCUT2D eigenvalue weighted by Crippen LogP contribution is -2.54. The zero-order valence-electron chi connectivity index (χ0n) is 31.8. The van der Waals surface area contributed by atoms with Crippen LogP contribution in [0.5, 0.6) is 0 Å². The van der Waals surface area contributed by atoms with Crippen molar-refractivity contribution in [1.29, 1.82) is 0 Å². The Labute approximate surface area is 317 Å². The van der Waals surface area contributed by atoms with Crippen molar-refractivity contribution < 1.29 is 24.0 Å². The molecule has 2 saturated heterocycles. The maximum atomic E-state index is 13.7. The van der Waals surface area contributed by atoms with E-state index < -0.39 is 18.1 Å². The van der Waals surface area contributed by atoms with Crippen molar-refractivity contribution in [2.45, 2.75) is 103 Å². The molecule has 7 rings (SSSR count). The Morgan fingerprint density at radius 1 is 0.648 bits per heavy atom. The van der Waals surface area contributed by atoms with Gasteiger partial charge >= 0.3 is 0 Å². The van der Waals surface area contributed by atoms with Gasteiger partial charge in [0.1, 0.15) is 23.9 Å². The predicted octanol–water partition coefficient (Wildman–Crippen LogP) is 5.44. The molecule has 2 saturated carbocycles. The second-order valence-electron chi connectivity index (χ2n) is 16.2. The van der Waals surface area contributed by atoms with Crippen LogP contribution < -0.4 is 16.0 Å². The van der Waals surface area contributed by atoms with Crippen molar-refractivity contribution in [3.8, 4) is 22.4 Å². The van der Waals surface area contributed by atoms with Gasteiger partial charge in [-0.1, -0.05) is 64.1 Å². The summed E-state index contributed by atoms with van der Waals surface area (Å²) >= 11 is 0. The van der Waals surface area contributed by atoms with E-state index >= 15 is 0 Å². The van der Waals surface area contributed by atoms with E-state index in [0.29, 0.717) is 25.2 Å². The number of likely N-dealkylation sites (tertiary alicyclic amines) is 2. The van der Waals surface area contributed by atoms with Gasteiger partial charge in [-0.05, 0) is 92.0 Å². The minimum Gasteiger partial charge on any atom is -0.344 e. The van der Waals surface area contributed by atoms with Crippen LogP contribution in [0.15, 0.2) is 54.7 Å². The third-order valence-electron chi connectivity index (χ3n) is 11.3. The second kappa shape index (κ2) is 15.8. The zero-order chi connectivity index (χ0) is 38.1. The summed E-state index contributed by atoms with van der Waals surface area (Å²) in [5.41, 5.74) is 4.48. The lowest BCUT2D eigenvalue weighted by molar-refractivity contribution is -0.141. The number of imidazole rings is 1. The van der Waals surface area contributed by atoms with Crippen LogP contribution in [0.2, 0.25) is 0 Å². The Morgan fingerprint density at radius 3 is 1.70 bits per heavy atom. The summed E-state index contributed by atoms with van der Waals surface area (Å²) in [6.45, 7) is 8.91. The summed E-state index contributed by atoms with van der Waals surface area (Å²) in [5.74, 6) is 0.156. The number of anilines is 1. The van der Waals surface area contributed by atoms with Gasteiger partial charge in [-0.2, -0.15) is 0 Å². The first-order valence-corrected chi connectivity index (χ1v) is 19.8. The van der Waals surface area contributed by atoms with Crippen LogP contribution in [0.4, 0.5) is 5.69 Å². The lowest BCUT2D eigenvalue weighted by atomic mass is 10.0. The van der Waals surface area contributed by atoms with E-state index in [4.69, 9.17) is 4.98 Å². The van der Waals surface area contributed by atoms with Gasteiger partial charge < -0.3 is 30.7 Å². The fourth-order valence-electron chi connectivity index (χ4n) is 7.70. The average molecular weight is 736 g/mol. The highest BCUT2D eigenvalue weighted by molar-refractivity contribution is 5.99. The number of rotatable bonds is 13. The van der Waals surface area contributed by atoms with E-state index in [0.717, 1.165) is 73.2 Å². The van der Waals surface area contributed by atoms with Gasteiger partial charge in [0.25, 0.3) is 0 Å². The van der Waals surface area contributed by atoms with E-state index in [1.54, 1.807) is 4.90 Å². The van der Waals surface area contributed by atoms with E-state index in [1.807, 2.05) is 87.3 Å². The molecule has 0 bridgehead atoms. The first kappa shape index (κ1) is 37.3. The fraction of sp³-hybridized carbons (Fsp3) is 0.524. The van der Waals surface area contributed by atoms with Crippen molar-refractivity contribution in [1.82, 2.24) is 30.4 Å². The lowest BCUT2D eigenvalue weighted by Gasteiger charge is -2.30. The predicted molar refractivity (Wildman–Crippen MR) is 205 cm³/mol. The molecule has 1 aromatic heterocycles. The summed E-state index contributed by atoms with van der Waals surface area (Å²) in [6, 6.07) is 13.9. The molecule has 4 atom stereocenters. The summed E-state index contributed by atoms with van der Waals surface area (Å²) in [5, 5.41) is 8.96. The maximum absolute atomic E-state index is 13.7. The molecule has 286 valence electrons. The van der Waals surface area contributed by atoms with E-state index in [-0.39, 0.29) is 59.2 Å². The van der Waals surface area contributed by atoms with Crippen LogP contribution in [0, 0.1) is 23.7 Å². The van der Waals surface area contributed by atoms with Crippen molar-refractivity contribution >= 4 is 35.2 Å². The molecule has 4 N–H and O–H groups in total. The van der Waals surface area contributed by atoms with Gasteiger partial charge in [0.2, 0.25) is 29.5 Å². The largest absolute Gasteiger partial charge is 0.344 e. The van der Waals surface area contributed by atoms with Crippen molar-refractivity contribution in [3.63, 3.8) is 0 Å². The molecule has 0 radical (unpaired) electrons. The number of nitrogens with one attached hydrogen (secondary N) is 4. The van der Waals surface area contributed by atoms with Gasteiger partial charge in [-0.25, -0.2) is 4.98 Å². The molecule has 3 heterocycles. The molecule has 5 amide bonds. The van der Waals surface area contributed by atoms with E-state index in [2.05, 4.69) is 20.9 Å². The Bertz CT molecular complexity index is 1860. The highest BCUT2D eigenvalue weighted by Gasteiger charge is 2.41. The summed E-state index contributed by atoms with van der Waals surface area (Å²) in [4.78, 5) is 77.3. The fourth-order valence-corrected chi connectivity index (χ4v) is 7.70. The Kier molecular flexibility index (Phi) is 10.9. The highest BCUT2D eigenvalue weighted by Crippen LogP contribution is 2.35. The van der Waals surface area contributed by atoms with Gasteiger partial charge in [-0.15, -0.1) is 0 Å². The summed E-state index contributed by atoms with van der Waals surface area (Å²) in [7, 11) is 0. The topological polar surface area (TPSA) is 157 Å². The minimum absolute atomic E-state index is 0.00690. The Hall–Kier alpha value is -5.00. The molecule has 2 aliphatic heterocycles. The standard InChI is InChI=1S/C42H53N7O5/c1-24(2)35(46-38(50)29-13-14-29)41(53)48-21-5-7-33(48)37-43-23-32(45-37)28-11-9-26(10-12-28)27-17-19-31(20-18-27)44-40(52)34-8-6-22-49(34)42(54)36(25(3)4)47-39(51)30-15-16-30/h9-12,17-20,23-25,29-30,33-36H,5-8,13-16,21-22H2,1-4H3,(H,43,45)(H,44,52)(H,46,50)(H,47,51)/t33-,34-,35+,36+/m0/s1. The number of amides is 5. The molecule has 2 aliphatic carbocycles. The van der Waals surface area contributed by atoms with E-state index in [9.17, 15) is 24.0 Å². The van der Waals surface area contributed by atoms with Crippen LogP contribution in [0.3, 0.4) is 0 Å². The number of benzene rings is 2. The number of aromatic nitrogens is 2. The normalized spacial score (nSPS) is 20.9. The number of aromatic amines is 1. The van der Waals surface area contributed by atoms with Crippen LogP contribution >= 0.6 is 0 Å². The molecule has 54 heavy (non-hydrogen) atoms. The molecule has 4 aliphatic rings. The van der Waals surface area contributed by atoms with Gasteiger partial charge in [0.15, 0.2) is 0 Å². The molecule has 0 spiro atoms. The Balaban J connectivity index is 0.958. The van der Waals surface area contributed by atoms with E-state index in [1.165, 1.54) is 0 Å². The summed E-state index contributed by atoms with van der Waals surface area (Å²) in [6.07, 6.45) is 8.34. The number of hydrogen-bond donors (Lipinski definition) is 4. The smallest absolute Gasteiger partial charge is 0.247 e. The van der Waals surface area contributed by atoms with Crippen LogP contribution in [-0.2, 0) is 24.0 Å². The number of carbonyl (C=O) groups excluding carboxylic acids is 5. The van der Waals surface area contributed by atoms with Gasteiger partial charge in [0, 0.05) is 30.6 Å². The maximum Gasteiger partial charge on any atom is 0.247 e. The number of H-pyrrole nitrogens is 1. The third-order valence-corrected chi connectivity index (χ3v) is 11.3. The quantitative estimate of drug-likeness (QED) is 0.183. The summed E-state index contributed by atoms with van der Waals surface area (Å²) < 4.78 is 0. The van der Waals surface area contributed by atoms with Crippen molar-refractivity contribution in [3.05, 3.63) is 60.6 Å². The molecule has 12 nitrogen and oxygen atoms in total. The number of nitrogens with zero attached hydrogens (tertiary/aromatic N) is 3. The van der Waals surface area contributed by atoms with Crippen LogP contribution in [0.25, 0.3) is 22.4 Å². The van der Waals surface area contributed by atoms with Crippen LogP contribution in [0.1, 0.15) is 90.9 Å². The van der Waals surface area contributed by atoms with Crippen molar-refractivity contribution in [2.24, 2.45) is 23.7 Å². The first-order chi connectivity index (χ1) is 26.0. The minimum atomic E-state index is -0.642. The Morgan fingerprint density at radius 2 is 1.15 bits per heavy atom. The number of carbonyl (C=O) groups is 5. The number of hydrogen-bond acceptors (Lipinski definition) is 6. The van der Waals surface area contributed by atoms with Gasteiger partial charge in [0.05, 0.1) is 17.9 Å². The molecule has 2 aromatic carbocycles.